The molecule has 1 atom stereocenters. The second-order valence-electron chi connectivity index (χ2n) is 6.11. The molecule has 0 unspecified atom stereocenters. The largest absolute Gasteiger partial charge is 0.349 e. The van der Waals surface area contributed by atoms with Crippen molar-refractivity contribution in [1.29, 1.82) is 0 Å². The zero-order valence-corrected chi connectivity index (χ0v) is 14.1. The van der Waals surface area contributed by atoms with Crippen LogP contribution in [0.4, 0.5) is 0 Å². The lowest BCUT2D eigenvalue weighted by Gasteiger charge is -2.18. The number of hydrogen-bond donors (Lipinski definition) is 1. The van der Waals surface area contributed by atoms with Gasteiger partial charge in [-0.2, -0.15) is 0 Å². The Bertz CT molecular complexity index is 835. The molecule has 0 saturated heterocycles. The fraction of sp³-hybridized carbons (Fsp3) is 0.238. The lowest BCUT2D eigenvalue weighted by atomic mass is 10.0. The van der Waals surface area contributed by atoms with Gasteiger partial charge in [-0.1, -0.05) is 61.0 Å². The fourth-order valence-corrected chi connectivity index (χ4v) is 2.95. The van der Waals surface area contributed by atoms with Gasteiger partial charge in [0, 0.05) is 11.6 Å². The van der Waals surface area contributed by atoms with Gasteiger partial charge >= 0.3 is 0 Å². The van der Waals surface area contributed by atoms with Crippen LogP contribution in [0.5, 0.6) is 0 Å². The average Bonchev–Trinajstić information content (AvgIpc) is 2.61. The van der Waals surface area contributed by atoms with Crippen molar-refractivity contribution in [3.63, 3.8) is 0 Å². The van der Waals surface area contributed by atoms with E-state index in [0.717, 1.165) is 28.5 Å². The Labute approximate surface area is 142 Å². The topological polar surface area (TPSA) is 42.0 Å². The summed E-state index contributed by atoms with van der Waals surface area (Å²) in [6, 6.07) is 18.3. The van der Waals surface area contributed by atoms with E-state index >= 15 is 0 Å². The van der Waals surface area contributed by atoms with E-state index in [0.29, 0.717) is 6.42 Å². The van der Waals surface area contributed by atoms with Crippen LogP contribution in [0.25, 0.3) is 10.9 Å². The van der Waals surface area contributed by atoms with Crippen LogP contribution in [-0.2, 0) is 11.2 Å². The summed E-state index contributed by atoms with van der Waals surface area (Å²) in [7, 11) is 0. The molecule has 1 amide bonds. The predicted molar refractivity (Wildman–Crippen MR) is 97.8 cm³/mol. The van der Waals surface area contributed by atoms with Crippen molar-refractivity contribution in [1.82, 2.24) is 10.3 Å². The van der Waals surface area contributed by atoms with Crippen molar-refractivity contribution in [3.05, 3.63) is 77.5 Å². The van der Waals surface area contributed by atoms with Gasteiger partial charge in [0.2, 0.25) is 5.91 Å². The van der Waals surface area contributed by atoms with Crippen LogP contribution in [0.2, 0.25) is 0 Å². The monoisotopic (exact) mass is 318 g/mol. The summed E-state index contributed by atoms with van der Waals surface area (Å²) in [5.41, 5.74) is 4.23. The summed E-state index contributed by atoms with van der Waals surface area (Å²) in [6.45, 7) is 4.15. The number of para-hydroxylation sites is 1. The molecule has 122 valence electrons. The zero-order valence-electron chi connectivity index (χ0n) is 14.1. The minimum Gasteiger partial charge on any atom is -0.349 e. The van der Waals surface area contributed by atoms with E-state index in [1.807, 2.05) is 30.3 Å². The van der Waals surface area contributed by atoms with E-state index in [9.17, 15) is 4.79 Å². The molecule has 2 aromatic carbocycles. The van der Waals surface area contributed by atoms with Gasteiger partial charge in [0.25, 0.3) is 0 Å². The lowest BCUT2D eigenvalue weighted by molar-refractivity contribution is -0.121. The molecule has 0 fully saturated rings. The molecule has 0 saturated carbocycles. The van der Waals surface area contributed by atoms with E-state index in [4.69, 9.17) is 0 Å². The van der Waals surface area contributed by atoms with E-state index in [1.54, 1.807) is 6.20 Å². The maximum atomic E-state index is 12.5. The number of nitrogens with one attached hydrogen (secondary N) is 1. The molecule has 3 heteroatoms. The van der Waals surface area contributed by atoms with E-state index in [1.165, 1.54) is 5.56 Å². The summed E-state index contributed by atoms with van der Waals surface area (Å²) in [5, 5.41) is 4.21. The van der Waals surface area contributed by atoms with Gasteiger partial charge in [-0.15, -0.1) is 0 Å². The first-order valence-corrected chi connectivity index (χ1v) is 8.36. The van der Waals surface area contributed by atoms with Gasteiger partial charge in [0.05, 0.1) is 18.0 Å². The van der Waals surface area contributed by atoms with Crippen molar-refractivity contribution in [2.45, 2.75) is 32.7 Å². The average molecular weight is 318 g/mol. The van der Waals surface area contributed by atoms with Crippen LogP contribution in [0.3, 0.4) is 0 Å². The minimum atomic E-state index is 0.0283. The number of carbonyl (C=O) groups is 1. The van der Waals surface area contributed by atoms with Crippen LogP contribution in [0, 0.1) is 6.92 Å². The highest BCUT2D eigenvalue weighted by Crippen LogP contribution is 2.19. The molecular formula is C21H22N2O. The molecule has 3 aromatic rings. The summed E-state index contributed by atoms with van der Waals surface area (Å²) >= 11 is 0. The number of carbonyl (C=O) groups excluding carboxylic acids is 1. The maximum Gasteiger partial charge on any atom is 0.224 e. The Morgan fingerprint density at radius 3 is 2.58 bits per heavy atom. The van der Waals surface area contributed by atoms with Gasteiger partial charge in [0.1, 0.15) is 0 Å². The lowest BCUT2D eigenvalue weighted by Crippen LogP contribution is -2.29. The molecule has 0 radical (unpaired) electrons. The third kappa shape index (κ3) is 3.62. The minimum absolute atomic E-state index is 0.0283. The molecule has 0 spiro atoms. The van der Waals surface area contributed by atoms with Crippen LogP contribution in [0.15, 0.2) is 60.8 Å². The van der Waals surface area contributed by atoms with Crippen molar-refractivity contribution < 1.29 is 4.79 Å². The molecule has 1 aromatic heterocycles. The smallest absolute Gasteiger partial charge is 0.224 e. The van der Waals surface area contributed by atoms with E-state index in [2.05, 4.69) is 48.4 Å². The number of amides is 1. The highest BCUT2D eigenvalue weighted by atomic mass is 16.1. The number of hydrogen-bond acceptors (Lipinski definition) is 2. The molecule has 0 bridgehead atoms. The Hall–Kier alpha value is -2.68. The zero-order chi connectivity index (χ0) is 16.9. The van der Waals surface area contributed by atoms with Crippen molar-refractivity contribution in [3.8, 4) is 0 Å². The normalized spacial score (nSPS) is 12.1. The van der Waals surface area contributed by atoms with E-state index < -0.39 is 0 Å². The third-order valence-corrected chi connectivity index (χ3v) is 4.29. The second kappa shape index (κ2) is 7.26. The van der Waals surface area contributed by atoms with Gasteiger partial charge in [-0.25, -0.2) is 0 Å². The second-order valence-corrected chi connectivity index (χ2v) is 6.11. The summed E-state index contributed by atoms with van der Waals surface area (Å²) in [4.78, 5) is 16.9. The Balaban J connectivity index is 1.75. The molecule has 1 N–H and O–H groups in total. The van der Waals surface area contributed by atoms with Crippen molar-refractivity contribution in [2.24, 2.45) is 0 Å². The molecule has 0 aliphatic rings. The van der Waals surface area contributed by atoms with Crippen LogP contribution >= 0.6 is 0 Å². The number of rotatable bonds is 5. The van der Waals surface area contributed by atoms with Gasteiger partial charge in [-0.3, -0.25) is 9.78 Å². The number of fused-ring (bicyclic) bond motifs is 1. The fourth-order valence-electron chi connectivity index (χ4n) is 2.95. The molecule has 0 aliphatic heterocycles. The Morgan fingerprint density at radius 1 is 1.08 bits per heavy atom. The van der Waals surface area contributed by atoms with Gasteiger partial charge in [0.15, 0.2) is 0 Å². The number of aryl methyl sites for hydroxylation is 1. The summed E-state index contributed by atoms with van der Waals surface area (Å²) in [5.74, 6) is 0.0283. The number of benzene rings is 2. The Morgan fingerprint density at radius 2 is 1.83 bits per heavy atom. The summed E-state index contributed by atoms with van der Waals surface area (Å²) < 4.78 is 0. The number of pyridine rings is 1. The SMILES string of the molecule is CC[C@@H](NC(=O)Cc1cccc2cccnc12)c1ccc(C)cc1. The molecule has 24 heavy (non-hydrogen) atoms. The third-order valence-electron chi connectivity index (χ3n) is 4.29. The number of nitrogens with zero attached hydrogens (tertiary/aromatic N) is 1. The quantitative estimate of drug-likeness (QED) is 0.760. The Kier molecular flexibility index (Phi) is 4.90. The van der Waals surface area contributed by atoms with Gasteiger partial charge < -0.3 is 5.32 Å². The molecular weight excluding hydrogens is 296 g/mol. The summed E-state index contributed by atoms with van der Waals surface area (Å²) in [6.07, 6.45) is 2.98. The first-order valence-electron chi connectivity index (χ1n) is 8.36. The first-order chi connectivity index (χ1) is 11.7. The number of aromatic nitrogens is 1. The standard InChI is InChI=1S/C21H22N2O/c1-3-19(16-11-9-15(2)10-12-16)23-20(24)14-18-7-4-6-17-8-5-13-22-21(17)18/h4-13,19H,3,14H2,1-2H3,(H,23,24)/t19-/m1/s1. The predicted octanol–water partition coefficient (Wildman–Crippen LogP) is 4.35. The molecule has 3 rings (SSSR count). The van der Waals surface area contributed by atoms with Crippen molar-refractivity contribution >= 4 is 16.8 Å². The first kappa shape index (κ1) is 16.2. The molecule has 3 nitrogen and oxygen atoms in total. The van der Waals surface area contributed by atoms with Gasteiger partial charge in [-0.05, 0) is 30.5 Å². The molecule has 0 aliphatic carbocycles. The van der Waals surface area contributed by atoms with Crippen LogP contribution in [-0.4, -0.2) is 10.9 Å². The van der Waals surface area contributed by atoms with Crippen LogP contribution in [0.1, 0.15) is 36.1 Å². The highest BCUT2D eigenvalue weighted by molar-refractivity contribution is 5.87. The van der Waals surface area contributed by atoms with Crippen molar-refractivity contribution in [2.75, 3.05) is 0 Å². The maximum absolute atomic E-state index is 12.5. The highest BCUT2D eigenvalue weighted by Gasteiger charge is 2.14. The molecule has 1 heterocycles. The van der Waals surface area contributed by atoms with Crippen LogP contribution < -0.4 is 5.32 Å². The van der Waals surface area contributed by atoms with E-state index in [-0.39, 0.29) is 11.9 Å².